The van der Waals surface area contributed by atoms with E-state index in [-0.39, 0.29) is 28.8 Å². The zero-order valence-electron chi connectivity index (χ0n) is 22.2. The van der Waals surface area contributed by atoms with E-state index in [2.05, 4.69) is 26.2 Å². The molecule has 0 saturated carbocycles. The number of carbonyl (C=O) groups is 5. The van der Waals surface area contributed by atoms with Gasteiger partial charge in [-0.3, -0.25) is 29.2 Å². The number of nitrogens with zero attached hydrogens (tertiary/aromatic N) is 5. The lowest BCUT2D eigenvalue weighted by Gasteiger charge is -2.49. The Morgan fingerprint density at radius 1 is 1.20 bits per heavy atom. The number of benzene rings is 1. The Kier molecular flexibility index (Phi) is 10.1. The molecule has 44 heavy (non-hydrogen) atoms. The van der Waals surface area contributed by atoms with Crippen LogP contribution in [0.2, 0.25) is 0 Å². The fourth-order valence-electron chi connectivity index (χ4n) is 3.99. The minimum atomic E-state index is -4.43. The van der Waals surface area contributed by atoms with Crippen molar-refractivity contribution in [2.45, 2.75) is 34.9 Å². The Morgan fingerprint density at radius 3 is 2.55 bits per heavy atom. The van der Waals surface area contributed by atoms with Gasteiger partial charge in [0.25, 0.3) is 16.0 Å². The second-order valence-corrected chi connectivity index (χ2v) is 12.7. The lowest BCUT2D eigenvalue weighted by molar-refractivity contribution is -0.150. The van der Waals surface area contributed by atoms with Crippen molar-refractivity contribution in [2.75, 3.05) is 23.4 Å². The van der Waals surface area contributed by atoms with Gasteiger partial charge in [0.15, 0.2) is 5.88 Å². The number of hydrogen-bond donors (Lipinski definition) is 6. The van der Waals surface area contributed by atoms with Gasteiger partial charge in [-0.15, -0.1) is 16.9 Å². The number of fused-ring (bicyclic) bond motifs is 1. The van der Waals surface area contributed by atoms with Crippen LogP contribution in [0.4, 0.5) is 10.5 Å². The smallest absolute Gasteiger partial charge is 0.411 e. The number of β-lactam (4-membered cyclic amide) rings is 1. The van der Waals surface area contributed by atoms with Crippen LogP contribution in [0, 0.1) is 0 Å². The molecule has 1 aromatic carbocycles. The van der Waals surface area contributed by atoms with Gasteiger partial charge in [-0.25, -0.2) is 14.3 Å². The van der Waals surface area contributed by atoms with Crippen LogP contribution in [0.25, 0.3) is 0 Å². The number of nitrogens with one attached hydrogen (secondary N) is 2. The third-order valence-corrected chi connectivity index (χ3v) is 8.96. The SMILES string of the molecule is N[C@H](COC(=O)Nc1ccc(CC(=O)N[C@@H]2C(=O)N3C(C(=O)O)=C(CSc4nnnn4CS(=O)(=O)O)CS[C@H]23)cc1)C(=O)O. The molecule has 2 aromatic rings. The van der Waals surface area contributed by atoms with Gasteiger partial charge in [0.1, 0.15) is 29.8 Å². The quantitative estimate of drug-likeness (QED) is 0.0806. The molecule has 236 valence electrons. The summed E-state index contributed by atoms with van der Waals surface area (Å²) in [4.78, 5) is 61.3. The number of carboxylic acids is 2. The van der Waals surface area contributed by atoms with E-state index in [0.717, 1.165) is 21.3 Å². The number of rotatable bonds is 13. The predicted molar refractivity (Wildman–Crippen MR) is 151 cm³/mol. The number of ether oxygens (including phenoxy) is 1. The molecule has 2 aliphatic rings. The van der Waals surface area contributed by atoms with Crippen LogP contribution in [0.5, 0.6) is 0 Å². The number of aromatic nitrogens is 4. The number of thioether (sulfide) groups is 2. The summed E-state index contributed by atoms with van der Waals surface area (Å²) in [5.74, 6) is -4.50. The maximum Gasteiger partial charge on any atom is 0.411 e. The molecule has 1 fully saturated rings. The second kappa shape index (κ2) is 13.6. The predicted octanol–water partition coefficient (Wildman–Crippen LogP) is -1.45. The number of amides is 3. The number of hydrogen-bond acceptors (Lipinski definition) is 14. The van der Waals surface area contributed by atoms with E-state index in [1.807, 2.05) is 0 Å². The average Bonchev–Trinajstić information content (AvgIpc) is 3.38. The molecule has 0 bridgehead atoms. The first kappa shape index (κ1) is 32.7. The average molecular weight is 673 g/mol. The highest BCUT2D eigenvalue weighted by Crippen LogP contribution is 2.41. The van der Waals surface area contributed by atoms with Crippen molar-refractivity contribution in [1.82, 2.24) is 30.4 Å². The number of aliphatic carboxylic acids is 2. The first-order valence-corrected chi connectivity index (χ1v) is 15.9. The zero-order valence-corrected chi connectivity index (χ0v) is 24.7. The molecule has 0 radical (unpaired) electrons. The van der Waals surface area contributed by atoms with Crippen molar-refractivity contribution in [3.63, 3.8) is 0 Å². The molecule has 0 spiro atoms. The third kappa shape index (κ3) is 8.02. The Hall–Kier alpha value is -4.25. The summed E-state index contributed by atoms with van der Waals surface area (Å²) >= 11 is 2.16. The van der Waals surface area contributed by atoms with Gasteiger partial charge in [0, 0.05) is 17.2 Å². The van der Waals surface area contributed by atoms with Crippen LogP contribution < -0.4 is 16.4 Å². The lowest BCUT2D eigenvalue weighted by atomic mass is 10.0. The number of carboxylic acid groups (broad SMARTS) is 2. The largest absolute Gasteiger partial charge is 0.480 e. The molecular formula is C22H24N8O11S3. The standard InChI is InChI=1S/C22H24N8O11S3/c23-13(19(33)34)6-41-22(37)24-12-3-1-10(2-4-12)5-14(31)25-15-17(32)30-16(20(35)36)11(7-42-18(15)30)8-43-21-26-27-28-29(21)9-44(38,39)40/h1-4,13,15,18H,5-9,23H2,(H,24,37)(H,25,31)(H,33,34)(H,35,36)(H,38,39,40)/t13-,15-,18-/m1/s1. The van der Waals surface area contributed by atoms with Gasteiger partial charge in [-0.05, 0) is 33.7 Å². The van der Waals surface area contributed by atoms with Crippen LogP contribution in [-0.2, 0) is 46.3 Å². The molecule has 19 nitrogen and oxygen atoms in total. The molecule has 7 N–H and O–H groups in total. The molecule has 1 aromatic heterocycles. The van der Waals surface area contributed by atoms with Crippen molar-refractivity contribution in [3.8, 4) is 0 Å². The summed E-state index contributed by atoms with van der Waals surface area (Å²) in [5.41, 5.74) is 6.21. The zero-order chi connectivity index (χ0) is 32.2. The molecule has 2 aliphatic heterocycles. The molecule has 3 amide bonds. The number of carbonyl (C=O) groups excluding carboxylic acids is 3. The van der Waals surface area contributed by atoms with Gasteiger partial charge in [0.2, 0.25) is 11.1 Å². The van der Waals surface area contributed by atoms with Crippen LogP contribution in [0.15, 0.2) is 40.7 Å². The number of tetrazole rings is 1. The Balaban J connectivity index is 1.31. The minimum Gasteiger partial charge on any atom is -0.480 e. The van der Waals surface area contributed by atoms with E-state index >= 15 is 0 Å². The first-order valence-electron chi connectivity index (χ1n) is 12.3. The second-order valence-electron chi connectivity index (χ2n) is 9.21. The number of nitrogens with two attached hydrogens (primary N) is 1. The summed E-state index contributed by atoms with van der Waals surface area (Å²) in [6.45, 7) is -0.526. The van der Waals surface area contributed by atoms with Crippen LogP contribution >= 0.6 is 23.5 Å². The maximum atomic E-state index is 12.9. The summed E-state index contributed by atoms with van der Waals surface area (Å²) in [5, 5.41) is 33.4. The Bertz CT molecular complexity index is 1610. The van der Waals surface area contributed by atoms with Crippen molar-refractivity contribution in [3.05, 3.63) is 41.1 Å². The molecule has 22 heteroatoms. The van der Waals surface area contributed by atoms with Gasteiger partial charge in [0.05, 0.1) is 6.42 Å². The molecule has 1 saturated heterocycles. The minimum absolute atomic E-state index is 0.00640. The maximum absolute atomic E-state index is 12.9. The normalized spacial score (nSPS) is 18.6. The lowest BCUT2D eigenvalue weighted by Crippen LogP contribution is -2.70. The molecule has 0 aliphatic carbocycles. The Morgan fingerprint density at radius 2 is 1.91 bits per heavy atom. The van der Waals surface area contributed by atoms with E-state index in [1.54, 1.807) is 12.1 Å². The fourth-order valence-corrected chi connectivity index (χ4v) is 6.91. The first-order chi connectivity index (χ1) is 20.7. The molecule has 0 unspecified atom stereocenters. The van der Waals surface area contributed by atoms with Crippen LogP contribution in [-0.4, -0.2) is 114 Å². The van der Waals surface area contributed by atoms with Gasteiger partial charge in [-0.1, -0.05) is 23.9 Å². The molecule has 4 rings (SSSR count). The van der Waals surface area contributed by atoms with Crippen LogP contribution in [0.3, 0.4) is 0 Å². The highest BCUT2D eigenvalue weighted by atomic mass is 32.2. The monoisotopic (exact) mass is 672 g/mol. The van der Waals surface area contributed by atoms with Gasteiger partial charge >= 0.3 is 18.0 Å². The van der Waals surface area contributed by atoms with E-state index in [1.165, 1.54) is 23.9 Å². The fraction of sp³-hybridized carbons (Fsp3) is 0.364. The van der Waals surface area contributed by atoms with Crippen molar-refractivity contribution >= 4 is 69.2 Å². The van der Waals surface area contributed by atoms with Gasteiger partial charge < -0.3 is 26.0 Å². The van der Waals surface area contributed by atoms with E-state index in [9.17, 15) is 37.5 Å². The van der Waals surface area contributed by atoms with Gasteiger partial charge in [-0.2, -0.15) is 8.42 Å². The highest BCUT2D eigenvalue weighted by molar-refractivity contribution is 8.01. The van der Waals surface area contributed by atoms with Crippen molar-refractivity contribution < 1.29 is 51.9 Å². The van der Waals surface area contributed by atoms with Crippen molar-refractivity contribution in [1.29, 1.82) is 0 Å². The molecular weight excluding hydrogens is 648 g/mol. The number of anilines is 1. The van der Waals surface area contributed by atoms with E-state index < -0.39 is 69.9 Å². The molecule has 3 heterocycles. The summed E-state index contributed by atoms with van der Waals surface area (Å²) in [6, 6.07) is 3.73. The highest BCUT2D eigenvalue weighted by Gasteiger charge is 2.54. The molecule has 3 atom stereocenters. The van der Waals surface area contributed by atoms with E-state index in [0.29, 0.717) is 16.8 Å². The van der Waals surface area contributed by atoms with E-state index in [4.69, 9.17) is 20.1 Å². The summed E-state index contributed by atoms with van der Waals surface area (Å²) in [7, 11) is -4.43. The topological polar surface area (TPSA) is 286 Å². The van der Waals surface area contributed by atoms with Crippen LogP contribution in [0.1, 0.15) is 5.56 Å². The summed E-state index contributed by atoms with van der Waals surface area (Å²) in [6.07, 6.45) is -1.04. The third-order valence-electron chi connectivity index (χ3n) is 6.00. The Labute approximate surface area is 256 Å². The van der Waals surface area contributed by atoms with Crippen molar-refractivity contribution in [2.24, 2.45) is 5.73 Å². The summed E-state index contributed by atoms with van der Waals surface area (Å²) < 4.78 is 36.9.